The molecular formula is C9H12N4. The van der Waals surface area contributed by atoms with E-state index in [0.29, 0.717) is 12.5 Å². The summed E-state index contributed by atoms with van der Waals surface area (Å²) in [6.07, 6.45) is 0. The van der Waals surface area contributed by atoms with Crippen LogP contribution in [0.5, 0.6) is 0 Å². The molecular weight excluding hydrogens is 164 g/mol. The van der Waals surface area contributed by atoms with Crippen molar-refractivity contribution in [1.82, 2.24) is 9.55 Å². The van der Waals surface area contributed by atoms with Crippen LogP contribution in [0.2, 0.25) is 0 Å². The summed E-state index contributed by atoms with van der Waals surface area (Å²) in [7, 11) is 1.89. The number of nitrogens with zero attached hydrogens (tertiary/aromatic N) is 2. The standard InChI is InChI=1S/C9H12N4/c1-13-7-4-2-3-6(5-10)8(7)12-9(13)11/h2-4H,5,10H2,1H3,(H2,11,12). The third-order valence-corrected chi connectivity index (χ3v) is 2.25. The van der Waals surface area contributed by atoms with Gasteiger partial charge in [-0.2, -0.15) is 0 Å². The van der Waals surface area contributed by atoms with Gasteiger partial charge in [-0.25, -0.2) is 4.98 Å². The van der Waals surface area contributed by atoms with Crippen LogP contribution in [0.1, 0.15) is 5.56 Å². The molecule has 0 atom stereocenters. The van der Waals surface area contributed by atoms with Crippen molar-refractivity contribution in [1.29, 1.82) is 0 Å². The Balaban J connectivity index is 2.84. The van der Waals surface area contributed by atoms with Gasteiger partial charge in [-0.15, -0.1) is 0 Å². The average Bonchev–Trinajstić information content (AvgIpc) is 2.43. The summed E-state index contributed by atoms with van der Waals surface area (Å²) in [5.41, 5.74) is 14.2. The van der Waals surface area contributed by atoms with Gasteiger partial charge >= 0.3 is 0 Å². The van der Waals surface area contributed by atoms with Crippen LogP contribution in [0, 0.1) is 0 Å². The molecule has 4 N–H and O–H groups in total. The highest BCUT2D eigenvalue weighted by Gasteiger charge is 2.06. The number of hydrogen-bond acceptors (Lipinski definition) is 3. The molecule has 0 aliphatic rings. The van der Waals surface area contributed by atoms with Gasteiger partial charge in [-0.1, -0.05) is 12.1 Å². The molecule has 1 aromatic heterocycles. The molecule has 68 valence electrons. The first-order valence-electron chi connectivity index (χ1n) is 4.14. The van der Waals surface area contributed by atoms with E-state index in [1.54, 1.807) is 0 Å². The summed E-state index contributed by atoms with van der Waals surface area (Å²) in [6.45, 7) is 0.494. The number of benzene rings is 1. The summed E-state index contributed by atoms with van der Waals surface area (Å²) in [4.78, 5) is 4.24. The number of fused-ring (bicyclic) bond motifs is 1. The molecule has 0 saturated heterocycles. The maximum atomic E-state index is 5.69. The van der Waals surface area contributed by atoms with Crippen LogP contribution < -0.4 is 11.5 Å². The van der Waals surface area contributed by atoms with Crippen LogP contribution in [-0.4, -0.2) is 9.55 Å². The van der Waals surface area contributed by atoms with Crippen molar-refractivity contribution in [3.05, 3.63) is 23.8 Å². The predicted octanol–water partition coefficient (Wildman–Crippen LogP) is 0.614. The quantitative estimate of drug-likeness (QED) is 0.669. The fourth-order valence-corrected chi connectivity index (χ4v) is 1.46. The molecule has 1 heterocycles. The lowest BCUT2D eigenvalue weighted by Crippen LogP contribution is -1.97. The number of nitrogen functional groups attached to an aromatic ring is 1. The monoisotopic (exact) mass is 176 g/mol. The molecule has 0 saturated carbocycles. The average molecular weight is 176 g/mol. The Bertz CT molecular complexity index is 444. The Kier molecular flexibility index (Phi) is 1.70. The summed E-state index contributed by atoms with van der Waals surface area (Å²) in [6, 6.07) is 5.91. The van der Waals surface area contributed by atoms with E-state index in [1.165, 1.54) is 0 Å². The molecule has 0 bridgehead atoms. The fourth-order valence-electron chi connectivity index (χ4n) is 1.46. The number of aromatic nitrogens is 2. The molecule has 0 spiro atoms. The third kappa shape index (κ3) is 1.07. The maximum Gasteiger partial charge on any atom is 0.200 e. The molecule has 4 heteroatoms. The summed E-state index contributed by atoms with van der Waals surface area (Å²) >= 11 is 0. The number of aryl methyl sites for hydroxylation is 1. The van der Waals surface area contributed by atoms with Crippen molar-refractivity contribution in [2.45, 2.75) is 6.54 Å². The molecule has 13 heavy (non-hydrogen) atoms. The second-order valence-corrected chi connectivity index (χ2v) is 3.02. The van der Waals surface area contributed by atoms with Crippen LogP contribution in [0.25, 0.3) is 11.0 Å². The van der Waals surface area contributed by atoms with Crippen LogP contribution in [0.3, 0.4) is 0 Å². The molecule has 0 fully saturated rings. The van der Waals surface area contributed by atoms with E-state index in [1.807, 2.05) is 29.8 Å². The van der Waals surface area contributed by atoms with Crippen LogP contribution in [0.15, 0.2) is 18.2 Å². The molecule has 0 unspecified atom stereocenters. The van der Waals surface area contributed by atoms with Gasteiger partial charge in [0.05, 0.1) is 11.0 Å². The number of anilines is 1. The van der Waals surface area contributed by atoms with Gasteiger partial charge in [-0.3, -0.25) is 0 Å². The fraction of sp³-hybridized carbons (Fsp3) is 0.222. The van der Waals surface area contributed by atoms with Crippen LogP contribution >= 0.6 is 0 Å². The second-order valence-electron chi connectivity index (χ2n) is 3.02. The summed E-state index contributed by atoms with van der Waals surface area (Å²) in [5, 5.41) is 0. The lowest BCUT2D eigenvalue weighted by Gasteiger charge is -1.98. The van der Waals surface area contributed by atoms with E-state index in [0.717, 1.165) is 16.6 Å². The number of hydrogen-bond donors (Lipinski definition) is 2. The molecule has 0 amide bonds. The van der Waals surface area contributed by atoms with Crippen molar-refractivity contribution in [3.63, 3.8) is 0 Å². The van der Waals surface area contributed by atoms with Gasteiger partial charge in [0, 0.05) is 13.6 Å². The van der Waals surface area contributed by atoms with E-state index in [-0.39, 0.29) is 0 Å². The zero-order chi connectivity index (χ0) is 9.42. The number of imidazole rings is 1. The van der Waals surface area contributed by atoms with Gasteiger partial charge in [0.25, 0.3) is 0 Å². The molecule has 0 aliphatic carbocycles. The minimum absolute atomic E-state index is 0.494. The Morgan fingerprint density at radius 3 is 2.92 bits per heavy atom. The first-order valence-corrected chi connectivity index (χ1v) is 4.14. The summed E-state index contributed by atoms with van der Waals surface area (Å²) in [5.74, 6) is 0.524. The van der Waals surface area contributed by atoms with Crippen molar-refractivity contribution < 1.29 is 0 Å². The van der Waals surface area contributed by atoms with Crippen molar-refractivity contribution in [2.75, 3.05) is 5.73 Å². The smallest absolute Gasteiger partial charge is 0.200 e. The lowest BCUT2D eigenvalue weighted by molar-refractivity contribution is 0.965. The van der Waals surface area contributed by atoms with Crippen molar-refractivity contribution >= 4 is 17.0 Å². The highest BCUT2D eigenvalue weighted by atomic mass is 15.1. The predicted molar refractivity (Wildman–Crippen MR) is 53.0 cm³/mol. The van der Waals surface area contributed by atoms with Gasteiger partial charge in [-0.05, 0) is 11.6 Å². The van der Waals surface area contributed by atoms with Gasteiger partial charge in [0.2, 0.25) is 5.95 Å². The van der Waals surface area contributed by atoms with E-state index in [4.69, 9.17) is 11.5 Å². The van der Waals surface area contributed by atoms with Crippen LogP contribution in [-0.2, 0) is 13.6 Å². The SMILES string of the molecule is Cn1c(N)nc2c(CN)cccc21. The Hall–Kier alpha value is -1.55. The highest BCUT2D eigenvalue weighted by molar-refractivity contribution is 5.81. The van der Waals surface area contributed by atoms with Gasteiger partial charge in [0.1, 0.15) is 0 Å². The molecule has 0 radical (unpaired) electrons. The molecule has 1 aromatic carbocycles. The molecule has 4 nitrogen and oxygen atoms in total. The van der Waals surface area contributed by atoms with Crippen LogP contribution in [0.4, 0.5) is 5.95 Å². The largest absolute Gasteiger partial charge is 0.369 e. The first-order chi connectivity index (χ1) is 6.24. The zero-order valence-corrected chi connectivity index (χ0v) is 7.49. The van der Waals surface area contributed by atoms with E-state index in [2.05, 4.69) is 4.98 Å². The van der Waals surface area contributed by atoms with E-state index in [9.17, 15) is 0 Å². The van der Waals surface area contributed by atoms with E-state index < -0.39 is 0 Å². The van der Waals surface area contributed by atoms with Crippen molar-refractivity contribution in [2.24, 2.45) is 12.8 Å². The molecule has 0 aliphatic heterocycles. The Morgan fingerprint density at radius 1 is 1.46 bits per heavy atom. The molecule has 2 rings (SSSR count). The highest BCUT2D eigenvalue weighted by Crippen LogP contribution is 2.19. The zero-order valence-electron chi connectivity index (χ0n) is 7.49. The van der Waals surface area contributed by atoms with Gasteiger partial charge < -0.3 is 16.0 Å². The minimum atomic E-state index is 0.494. The number of nitrogens with two attached hydrogens (primary N) is 2. The molecule has 2 aromatic rings. The number of para-hydroxylation sites is 1. The Morgan fingerprint density at radius 2 is 2.23 bits per heavy atom. The lowest BCUT2D eigenvalue weighted by atomic mass is 10.2. The second kappa shape index (κ2) is 2.74. The topological polar surface area (TPSA) is 69.9 Å². The normalized spacial score (nSPS) is 10.9. The summed E-state index contributed by atoms with van der Waals surface area (Å²) < 4.78 is 1.86. The minimum Gasteiger partial charge on any atom is -0.369 e. The first kappa shape index (κ1) is 8.07. The Labute approximate surface area is 76.2 Å². The maximum absolute atomic E-state index is 5.69. The van der Waals surface area contributed by atoms with Gasteiger partial charge in [0.15, 0.2) is 0 Å². The number of rotatable bonds is 1. The van der Waals surface area contributed by atoms with E-state index >= 15 is 0 Å². The third-order valence-electron chi connectivity index (χ3n) is 2.25. The van der Waals surface area contributed by atoms with Crippen molar-refractivity contribution in [3.8, 4) is 0 Å².